The molecule has 1 rings (SSSR count). The number of rotatable bonds is 7. The maximum Gasteiger partial charge on any atom is 0.326 e. The lowest BCUT2D eigenvalue weighted by atomic mass is 9.99. The molecule has 1 unspecified atom stereocenters. The smallest absolute Gasteiger partial charge is 0.326 e. The van der Waals surface area contributed by atoms with Gasteiger partial charge in [0.2, 0.25) is 0 Å². The second-order valence-corrected chi connectivity index (χ2v) is 5.37. The largest absolute Gasteiger partial charge is 0.468 e. The van der Waals surface area contributed by atoms with Crippen molar-refractivity contribution in [3.63, 3.8) is 0 Å². The maximum absolute atomic E-state index is 12.1. The van der Waals surface area contributed by atoms with Crippen molar-refractivity contribution in [3.8, 4) is 6.07 Å². The zero-order valence-electron chi connectivity index (χ0n) is 12.7. The van der Waals surface area contributed by atoms with Gasteiger partial charge in [-0.25, -0.2) is 0 Å². The average molecular weight is 317 g/mol. The Morgan fingerprint density at radius 3 is 2.50 bits per heavy atom. The predicted molar refractivity (Wildman–Crippen MR) is 88.5 cm³/mol. The summed E-state index contributed by atoms with van der Waals surface area (Å²) in [6.45, 7) is 2.02. The van der Waals surface area contributed by atoms with E-state index in [2.05, 4.69) is 23.4 Å². The first-order chi connectivity index (χ1) is 10.5. The molecule has 0 spiro atoms. The first kappa shape index (κ1) is 18.0. The standard InChI is InChI=1S/C17H19NO3S/c1-3-4-14(10-15(19)16(22)17(20)21-2)9-12-5-7-13(11-18)8-6-12/h5-9,16,22H,3-4,10H2,1-2H3/b14-9+. The lowest BCUT2D eigenvalue weighted by Crippen LogP contribution is -2.26. The Morgan fingerprint density at radius 1 is 1.36 bits per heavy atom. The van der Waals surface area contributed by atoms with E-state index in [1.165, 1.54) is 7.11 Å². The number of nitriles is 1. The minimum Gasteiger partial charge on any atom is -0.468 e. The van der Waals surface area contributed by atoms with Crippen LogP contribution in [0.5, 0.6) is 0 Å². The summed E-state index contributed by atoms with van der Waals surface area (Å²) in [7, 11) is 1.23. The Bertz CT molecular complexity index is 599. The molecule has 0 fully saturated rings. The molecule has 22 heavy (non-hydrogen) atoms. The highest BCUT2D eigenvalue weighted by Crippen LogP contribution is 2.18. The molecular weight excluding hydrogens is 298 g/mol. The third-order valence-corrected chi connectivity index (χ3v) is 3.61. The number of carbonyl (C=O) groups excluding carboxylic acids is 2. The Morgan fingerprint density at radius 2 is 2.00 bits per heavy atom. The van der Waals surface area contributed by atoms with Crippen molar-refractivity contribution in [3.05, 3.63) is 41.0 Å². The van der Waals surface area contributed by atoms with E-state index in [-0.39, 0.29) is 12.2 Å². The van der Waals surface area contributed by atoms with Gasteiger partial charge in [-0.05, 0) is 24.1 Å². The van der Waals surface area contributed by atoms with E-state index in [1.54, 1.807) is 12.1 Å². The second kappa shape index (κ2) is 9.06. The lowest BCUT2D eigenvalue weighted by molar-refractivity contribution is -0.142. The first-order valence-electron chi connectivity index (χ1n) is 7.00. The molecule has 1 aromatic rings. The van der Waals surface area contributed by atoms with Gasteiger partial charge >= 0.3 is 5.97 Å². The molecule has 1 aromatic carbocycles. The summed E-state index contributed by atoms with van der Waals surface area (Å²) >= 11 is 4.01. The molecule has 1 atom stereocenters. The van der Waals surface area contributed by atoms with Crippen LogP contribution < -0.4 is 0 Å². The summed E-state index contributed by atoms with van der Waals surface area (Å²) in [4.78, 5) is 23.4. The highest BCUT2D eigenvalue weighted by molar-refractivity contribution is 7.82. The van der Waals surface area contributed by atoms with Gasteiger partial charge in [0.15, 0.2) is 11.0 Å². The van der Waals surface area contributed by atoms with Crippen molar-refractivity contribution >= 4 is 30.5 Å². The number of carbonyl (C=O) groups is 2. The molecule has 0 saturated carbocycles. The van der Waals surface area contributed by atoms with Gasteiger partial charge in [-0.2, -0.15) is 17.9 Å². The van der Waals surface area contributed by atoms with Gasteiger partial charge in [0, 0.05) is 6.42 Å². The number of allylic oxidation sites excluding steroid dienone is 1. The zero-order valence-corrected chi connectivity index (χ0v) is 13.6. The molecule has 0 radical (unpaired) electrons. The summed E-state index contributed by atoms with van der Waals surface area (Å²) in [5.74, 6) is -0.911. The van der Waals surface area contributed by atoms with Crippen LogP contribution in [0.1, 0.15) is 37.3 Å². The molecule has 116 valence electrons. The number of nitrogens with zero attached hydrogens (tertiary/aromatic N) is 1. The van der Waals surface area contributed by atoms with E-state index >= 15 is 0 Å². The third-order valence-electron chi connectivity index (χ3n) is 3.11. The molecule has 0 amide bonds. The number of Topliss-reactive ketones (excluding diaryl/α,β-unsaturated/α-hetero) is 1. The normalized spacial score (nSPS) is 12.4. The Balaban J connectivity index is 2.88. The number of ketones is 1. The highest BCUT2D eigenvalue weighted by Gasteiger charge is 2.23. The molecule has 0 heterocycles. The minimum absolute atomic E-state index is 0.164. The van der Waals surface area contributed by atoms with Crippen LogP contribution in [0.3, 0.4) is 0 Å². The van der Waals surface area contributed by atoms with Gasteiger partial charge in [-0.3, -0.25) is 9.59 Å². The molecule has 0 N–H and O–H groups in total. The number of methoxy groups -OCH3 is 1. The fraction of sp³-hybridized carbons (Fsp3) is 0.353. The molecule has 0 aromatic heterocycles. The summed E-state index contributed by atoms with van der Waals surface area (Å²) in [5, 5.41) is 7.74. The zero-order chi connectivity index (χ0) is 16.5. The number of ether oxygens (including phenoxy) is 1. The van der Waals surface area contributed by atoms with Crippen molar-refractivity contribution in [1.29, 1.82) is 5.26 Å². The average Bonchev–Trinajstić information content (AvgIpc) is 2.54. The molecule has 0 bridgehead atoms. The van der Waals surface area contributed by atoms with E-state index in [4.69, 9.17) is 5.26 Å². The van der Waals surface area contributed by atoms with Gasteiger partial charge in [-0.15, -0.1) is 0 Å². The molecule has 0 aliphatic rings. The van der Waals surface area contributed by atoms with Gasteiger partial charge < -0.3 is 4.74 Å². The van der Waals surface area contributed by atoms with Gasteiger partial charge in [0.05, 0.1) is 18.7 Å². The minimum atomic E-state index is -1.05. The summed E-state index contributed by atoms with van der Waals surface area (Å²) in [6.07, 6.45) is 3.73. The Kier molecular flexibility index (Phi) is 7.41. The molecule has 5 heteroatoms. The number of benzene rings is 1. The molecular formula is C17H19NO3S. The molecule has 0 aliphatic heterocycles. The number of thiol groups is 1. The number of esters is 1. The van der Waals surface area contributed by atoms with E-state index in [9.17, 15) is 9.59 Å². The SMILES string of the molecule is CCC/C(=C\c1ccc(C#N)cc1)CC(=O)C(S)C(=O)OC. The fourth-order valence-corrected chi connectivity index (χ4v) is 2.18. The van der Waals surface area contributed by atoms with Crippen LogP contribution in [0.25, 0.3) is 6.08 Å². The molecule has 4 nitrogen and oxygen atoms in total. The summed E-state index contributed by atoms with van der Waals surface area (Å²) in [5.41, 5.74) is 2.44. The van der Waals surface area contributed by atoms with Crippen molar-refractivity contribution in [2.45, 2.75) is 31.4 Å². The van der Waals surface area contributed by atoms with Gasteiger partial charge in [-0.1, -0.05) is 37.1 Å². The first-order valence-corrected chi connectivity index (χ1v) is 7.51. The van der Waals surface area contributed by atoms with Gasteiger partial charge in [0.25, 0.3) is 0 Å². The van der Waals surface area contributed by atoms with Crippen molar-refractivity contribution in [1.82, 2.24) is 0 Å². The van der Waals surface area contributed by atoms with Gasteiger partial charge in [0.1, 0.15) is 0 Å². The van der Waals surface area contributed by atoms with Crippen LogP contribution in [0.15, 0.2) is 29.8 Å². The predicted octanol–water partition coefficient (Wildman–Crippen LogP) is 3.17. The lowest BCUT2D eigenvalue weighted by Gasteiger charge is -2.10. The number of hydrogen-bond donors (Lipinski definition) is 1. The van der Waals surface area contributed by atoms with Crippen LogP contribution in [-0.4, -0.2) is 24.1 Å². The van der Waals surface area contributed by atoms with Crippen molar-refractivity contribution in [2.24, 2.45) is 0 Å². The van der Waals surface area contributed by atoms with Crippen LogP contribution in [0, 0.1) is 11.3 Å². The van der Waals surface area contributed by atoms with E-state index in [1.807, 2.05) is 25.1 Å². The third kappa shape index (κ3) is 5.38. The highest BCUT2D eigenvalue weighted by atomic mass is 32.1. The maximum atomic E-state index is 12.1. The number of hydrogen-bond acceptors (Lipinski definition) is 5. The fourth-order valence-electron chi connectivity index (χ4n) is 1.99. The van der Waals surface area contributed by atoms with Crippen molar-refractivity contribution in [2.75, 3.05) is 7.11 Å². The Labute approximate surface area is 136 Å². The van der Waals surface area contributed by atoms with E-state index in [0.717, 1.165) is 24.0 Å². The second-order valence-electron chi connectivity index (χ2n) is 4.86. The van der Waals surface area contributed by atoms with Crippen LogP contribution >= 0.6 is 12.6 Å². The van der Waals surface area contributed by atoms with Crippen molar-refractivity contribution < 1.29 is 14.3 Å². The molecule has 0 saturated heterocycles. The monoisotopic (exact) mass is 317 g/mol. The van der Waals surface area contributed by atoms with Crippen LogP contribution in [-0.2, 0) is 14.3 Å². The topological polar surface area (TPSA) is 67.2 Å². The summed E-state index contributed by atoms with van der Waals surface area (Å²) < 4.78 is 4.53. The molecule has 0 aliphatic carbocycles. The van der Waals surface area contributed by atoms with Crippen LogP contribution in [0.4, 0.5) is 0 Å². The van der Waals surface area contributed by atoms with Crippen LogP contribution in [0.2, 0.25) is 0 Å². The van der Waals surface area contributed by atoms with E-state index < -0.39 is 11.2 Å². The quantitative estimate of drug-likeness (QED) is 0.476. The Hall–Kier alpha value is -2.06. The summed E-state index contributed by atoms with van der Waals surface area (Å²) in [6, 6.07) is 9.18. The van der Waals surface area contributed by atoms with E-state index in [0.29, 0.717) is 5.56 Å².